The fraction of sp³-hybridized carbons (Fsp3) is 0.533. The van der Waals surface area contributed by atoms with Crippen LogP contribution in [-0.2, 0) is 11.3 Å². The molecule has 112 valence electrons. The number of hydrogen-bond donors (Lipinski definition) is 2. The molecule has 0 bridgehead atoms. The van der Waals surface area contributed by atoms with Crippen molar-refractivity contribution in [2.75, 3.05) is 26.7 Å². The maximum atomic E-state index is 11.8. The van der Waals surface area contributed by atoms with Crippen molar-refractivity contribution in [1.29, 1.82) is 0 Å². The van der Waals surface area contributed by atoms with Gasteiger partial charge in [-0.05, 0) is 30.8 Å². The van der Waals surface area contributed by atoms with Gasteiger partial charge in [-0.1, -0.05) is 19.9 Å². The minimum absolute atomic E-state index is 0.0314. The van der Waals surface area contributed by atoms with Crippen LogP contribution in [-0.4, -0.2) is 42.7 Å². The molecule has 0 atom stereocenters. The summed E-state index contributed by atoms with van der Waals surface area (Å²) in [7, 11) is 1.50. The highest BCUT2D eigenvalue weighted by Gasteiger charge is 2.06. The first-order valence-electron chi connectivity index (χ1n) is 6.95. The normalized spacial score (nSPS) is 10.6. The molecule has 0 radical (unpaired) electrons. The number of carbonyl (C=O) groups is 1. The highest BCUT2D eigenvalue weighted by atomic mass is 16.5. The quantitative estimate of drug-likeness (QED) is 0.761. The summed E-state index contributed by atoms with van der Waals surface area (Å²) in [5.74, 6) is 0.549. The van der Waals surface area contributed by atoms with Gasteiger partial charge < -0.3 is 20.1 Å². The van der Waals surface area contributed by atoms with Gasteiger partial charge in [-0.3, -0.25) is 4.79 Å². The van der Waals surface area contributed by atoms with E-state index in [0.717, 1.165) is 25.2 Å². The molecule has 0 unspecified atom stereocenters. The summed E-state index contributed by atoms with van der Waals surface area (Å²) >= 11 is 0. The standard InChI is InChI=1S/C15H24N2O3/c1-4-17(5-2)9-8-15(19)16-11-12-6-7-13(18)14(10-12)20-3/h6-7,10,18H,4-5,8-9,11H2,1-3H3,(H,16,19). The number of aromatic hydroxyl groups is 1. The third-order valence-corrected chi connectivity index (χ3v) is 3.28. The smallest absolute Gasteiger partial charge is 0.221 e. The van der Waals surface area contributed by atoms with Gasteiger partial charge in [0.25, 0.3) is 0 Å². The Balaban J connectivity index is 2.41. The van der Waals surface area contributed by atoms with Crippen molar-refractivity contribution in [2.24, 2.45) is 0 Å². The van der Waals surface area contributed by atoms with Gasteiger partial charge in [-0.25, -0.2) is 0 Å². The molecule has 0 spiro atoms. The van der Waals surface area contributed by atoms with Crippen LogP contribution in [0.25, 0.3) is 0 Å². The van der Waals surface area contributed by atoms with Crippen LogP contribution in [0.5, 0.6) is 11.5 Å². The Labute approximate surface area is 120 Å². The molecule has 1 aromatic carbocycles. The minimum atomic E-state index is 0.0314. The van der Waals surface area contributed by atoms with Gasteiger partial charge in [0, 0.05) is 19.5 Å². The number of ether oxygens (including phenoxy) is 1. The van der Waals surface area contributed by atoms with Gasteiger partial charge in [0.05, 0.1) is 7.11 Å². The zero-order valence-corrected chi connectivity index (χ0v) is 12.5. The van der Waals surface area contributed by atoms with E-state index in [1.807, 2.05) is 0 Å². The number of rotatable bonds is 8. The van der Waals surface area contributed by atoms with Crippen LogP contribution in [0, 0.1) is 0 Å². The molecule has 5 nitrogen and oxygen atoms in total. The first kappa shape index (κ1) is 16.3. The van der Waals surface area contributed by atoms with Crippen LogP contribution < -0.4 is 10.1 Å². The van der Waals surface area contributed by atoms with Crippen LogP contribution in [0.4, 0.5) is 0 Å². The predicted octanol–water partition coefficient (Wildman–Crippen LogP) is 1.75. The number of methoxy groups -OCH3 is 1. The van der Waals surface area contributed by atoms with Crippen LogP contribution in [0.15, 0.2) is 18.2 Å². The van der Waals surface area contributed by atoms with Gasteiger partial charge in [-0.15, -0.1) is 0 Å². The Kier molecular flexibility index (Phi) is 6.87. The zero-order chi connectivity index (χ0) is 15.0. The van der Waals surface area contributed by atoms with E-state index in [1.54, 1.807) is 18.2 Å². The van der Waals surface area contributed by atoms with E-state index in [9.17, 15) is 9.90 Å². The number of amides is 1. The maximum Gasteiger partial charge on any atom is 0.221 e. The van der Waals surface area contributed by atoms with Gasteiger partial charge in [0.15, 0.2) is 11.5 Å². The third-order valence-electron chi connectivity index (χ3n) is 3.28. The highest BCUT2D eigenvalue weighted by molar-refractivity contribution is 5.76. The molecule has 2 N–H and O–H groups in total. The first-order valence-corrected chi connectivity index (χ1v) is 6.95. The number of benzene rings is 1. The molecule has 1 aromatic rings. The average molecular weight is 280 g/mol. The molecule has 0 aliphatic heterocycles. The monoisotopic (exact) mass is 280 g/mol. The van der Waals surface area contributed by atoms with Gasteiger partial charge >= 0.3 is 0 Å². The van der Waals surface area contributed by atoms with E-state index < -0.39 is 0 Å². The van der Waals surface area contributed by atoms with Gasteiger partial charge in [0.1, 0.15) is 0 Å². The van der Waals surface area contributed by atoms with Crippen molar-refractivity contribution in [2.45, 2.75) is 26.8 Å². The summed E-state index contributed by atoms with van der Waals surface area (Å²) in [5.41, 5.74) is 0.899. The van der Waals surface area contributed by atoms with Crippen molar-refractivity contribution in [3.05, 3.63) is 23.8 Å². The van der Waals surface area contributed by atoms with E-state index in [4.69, 9.17) is 4.74 Å². The summed E-state index contributed by atoms with van der Waals surface area (Å²) in [6.07, 6.45) is 0.497. The lowest BCUT2D eigenvalue weighted by molar-refractivity contribution is -0.121. The van der Waals surface area contributed by atoms with Crippen molar-refractivity contribution >= 4 is 5.91 Å². The molecular weight excluding hydrogens is 256 g/mol. The Bertz CT molecular complexity index is 431. The lowest BCUT2D eigenvalue weighted by atomic mass is 10.2. The molecule has 0 fully saturated rings. The molecular formula is C15H24N2O3. The average Bonchev–Trinajstić information content (AvgIpc) is 2.47. The largest absolute Gasteiger partial charge is 0.504 e. The second-order valence-electron chi connectivity index (χ2n) is 4.56. The second-order valence-corrected chi connectivity index (χ2v) is 4.56. The summed E-state index contributed by atoms with van der Waals surface area (Å²) in [6.45, 7) is 7.30. The SMILES string of the molecule is CCN(CC)CCC(=O)NCc1ccc(O)c(OC)c1. The molecule has 0 aliphatic rings. The van der Waals surface area contributed by atoms with Gasteiger partial charge in [0.2, 0.25) is 5.91 Å². The molecule has 1 amide bonds. The third kappa shape index (κ3) is 5.09. The van der Waals surface area contributed by atoms with Crippen LogP contribution in [0.2, 0.25) is 0 Å². The summed E-state index contributed by atoms with van der Waals surface area (Å²) < 4.78 is 5.03. The topological polar surface area (TPSA) is 61.8 Å². The number of phenolic OH excluding ortho intramolecular Hbond substituents is 1. The zero-order valence-electron chi connectivity index (χ0n) is 12.5. The Morgan fingerprint density at radius 1 is 1.35 bits per heavy atom. The van der Waals surface area contributed by atoms with E-state index in [1.165, 1.54) is 7.11 Å². The highest BCUT2D eigenvalue weighted by Crippen LogP contribution is 2.26. The lowest BCUT2D eigenvalue weighted by Crippen LogP contribution is -2.30. The van der Waals surface area contributed by atoms with Crippen LogP contribution >= 0.6 is 0 Å². The van der Waals surface area contributed by atoms with E-state index in [2.05, 4.69) is 24.1 Å². The summed E-state index contributed by atoms with van der Waals surface area (Å²) in [6, 6.07) is 5.05. The molecule has 0 aliphatic carbocycles. The van der Waals surface area contributed by atoms with Crippen LogP contribution in [0.1, 0.15) is 25.8 Å². The van der Waals surface area contributed by atoms with E-state index in [-0.39, 0.29) is 11.7 Å². The minimum Gasteiger partial charge on any atom is -0.504 e. The lowest BCUT2D eigenvalue weighted by Gasteiger charge is -2.17. The van der Waals surface area contributed by atoms with Crippen molar-refractivity contribution in [3.63, 3.8) is 0 Å². The Morgan fingerprint density at radius 2 is 2.05 bits per heavy atom. The molecule has 5 heteroatoms. The number of nitrogens with zero attached hydrogens (tertiary/aromatic N) is 1. The molecule has 1 rings (SSSR count). The summed E-state index contributed by atoms with van der Waals surface area (Å²) in [5, 5.41) is 12.4. The Morgan fingerprint density at radius 3 is 2.65 bits per heavy atom. The number of hydrogen-bond acceptors (Lipinski definition) is 4. The van der Waals surface area contributed by atoms with Crippen LogP contribution in [0.3, 0.4) is 0 Å². The van der Waals surface area contributed by atoms with Gasteiger partial charge in [-0.2, -0.15) is 0 Å². The molecule has 0 heterocycles. The van der Waals surface area contributed by atoms with Crippen molar-refractivity contribution in [3.8, 4) is 11.5 Å². The molecule has 0 saturated carbocycles. The Hall–Kier alpha value is -1.75. The number of phenols is 1. The van der Waals surface area contributed by atoms with Crippen molar-refractivity contribution < 1.29 is 14.6 Å². The molecule has 0 saturated heterocycles. The van der Waals surface area contributed by atoms with E-state index in [0.29, 0.717) is 18.7 Å². The number of nitrogens with one attached hydrogen (secondary N) is 1. The molecule has 20 heavy (non-hydrogen) atoms. The number of carbonyl (C=O) groups excluding carboxylic acids is 1. The predicted molar refractivity (Wildman–Crippen MR) is 78.9 cm³/mol. The fourth-order valence-electron chi connectivity index (χ4n) is 1.92. The second kappa shape index (κ2) is 8.43. The fourth-order valence-corrected chi connectivity index (χ4v) is 1.92. The molecule has 0 aromatic heterocycles. The van der Waals surface area contributed by atoms with E-state index >= 15 is 0 Å². The maximum absolute atomic E-state index is 11.8. The first-order chi connectivity index (χ1) is 9.60. The van der Waals surface area contributed by atoms with Crippen molar-refractivity contribution in [1.82, 2.24) is 10.2 Å². The summed E-state index contributed by atoms with van der Waals surface area (Å²) in [4.78, 5) is 14.0.